The average molecular weight is 282 g/mol. The molecule has 0 amide bonds. The van der Waals surface area contributed by atoms with E-state index < -0.39 is 0 Å². The largest absolute Gasteiger partial charge is 0.488 e. The lowest BCUT2D eigenvalue weighted by Crippen LogP contribution is -2.37. The van der Waals surface area contributed by atoms with Gasteiger partial charge in [0, 0.05) is 45.3 Å². The van der Waals surface area contributed by atoms with Gasteiger partial charge in [-0.3, -0.25) is 0 Å². The number of fused-ring (bicyclic) bond motifs is 1. The molecule has 1 unspecified atom stereocenters. The van der Waals surface area contributed by atoms with Gasteiger partial charge in [0.05, 0.1) is 6.61 Å². The van der Waals surface area contributed by atoms with Crippen LogP contribution in [0.15, 0.2) is 18.2 Å². The van der Waals surface area contributed by atoms with Crippen LogP contribution in [0, 0.1) is 5.82 Å². The van der Waals surface area contributed by atoms with Crippen LogP contribution >= 0.6 is 0 Å². The van der Waals surface area contributed by atoms with E-state index in [1.807, 2.05) is 0 Å². The van der Waals surface area contributed by atoms with E-state index in [1.165, 1.54) is 6.07 Å². The van der Waals surface area contributed by atoms with Crippen LogP contribution in [0.4, 0.5) is 4.39 Å². The van der Waals surface area contributed by atoms with Crippen molar-refractivity contribution < 1.29 is 13.9 Å². The second-order valence-electron chi connectivity index (χ2n) is 5.20. The van der Waals surface area contributed by atoms with E-state index in [1.54, 1.807) is 19.2 Å². The molecule has 0 radical (unpaired) electrons. The second-order valence-corrected chi connectivity index (χ2v) is 5.20. The van der Waals surface area contributed by atoms with Gasteiger partial charge >= 0.3 is 0 Å². The Labute approximate surface area is 119 Å². The summed E-state index contributed by atoms with van der Waals surface area (Å²) in [5.74, 6) is 0.631. The first-order valence-corrected chi connectivity index (χ1v) is 7.02. The van der Waals surface area contributed by atoms with E-state index in [2.05, 4.69) is 17.3 Å². The molecular weight excluding hydrogens is 259 g/mol. The Hall–Kier alpha value is -1.17. The highest BCUT2D eigenvalue weighted by molar-refractivity contribution is 5.37. The molecule has 5 heteroatoms. The van der Waals surface area contributed by atoms with Crippen LogP contribution in [0.25, 0.3) is 0 Å². The Morgan fingerprint density at radius 1 is 1.45 bits per heavy atom. The highest BCUT2D eigenvalue weighted by Gasteiger charge is 2.24. The Balaban J connectivity index is 1.68. The van der Waals surface area contributed by atoms with E-state index in [0.29, 0.717) is 0 Å². The van der Waals surface area contributed by atoms with Crippen molar-refractivity contribution in [1.82, 2.24) is 10.2 Å². The Kier molecular flexibility index (Phi) is 5.76. The highest BCUT2D eigenvalue weighted by Crippen LogP contribution is 2.29. The van der Waals surface area contributed by atoms with Gasteiger partial charge in [0.25, 0.3) is 0 Å². The fourth-order valence-electron chi connectivity index (χ4n) is 2.40. The molecule has 0 saturated carbocycles. The van der Waals surface area contributed by atoms with Crippen LogP contribution in [-0.4, -0.2) is 57.9 Å². The lowest BCUT2D eigenvalue weighted by Gasteiger charge is -2.20. The number of nitrogens with zero attached hydrogens (tertiary/aromatic N) is 1. The van der Waals surface area contributed by atoms with Crippen molar-refractivity contribution in [2.24, 2.45) is 0 Å². The summed E-state index contributed by atoms with van der Waals surface area (Å²) in [5.41, 5.74) is 0.974. The summed E-state index contributed by atoms with van der Waals surface area (Å²) < 4.78 is 23.9. The zero-order valence-corrected chi connectivity index (χ0v) is 12.2. The number of hydrogen-bond donors (Lipinski definition) is 1. The Bertz CT molecular complexity index is 428. The Morgan fingerprint density at radius 3 is 3.10 bits per heavy atom. The molecule has 1 aromatic rings. The molecule has 1 atom stereocenters. The molecule has 0 spiro atoms. The van der Waals surface area contributed by atoms with Crippen molar-refractivity contribution in [2.75, 3.05) is 46.9 Å². The molecule has 0 saturated heterocycles. The zero-order chi connectivity index (χ0) is 14.4. The quantitative estimate of drug-likeness (QED) is 0.729. The number of hydrogen-bond acceptors (Lipinski definition) is 4. The third kappa shape index (κ3) is 4.44. The lowest BCUT2D eigenvalue weighted by atomic mass is 10.1. The van der Waals surface area contributed by atoms with Crippen LogP contribution in [0.3, 0.4) is 0 Å². The van der Waals surface area contributed by atoms with E-state index in [4.69, 9.17) is 9.47 Å². The summed E-state index contributed by atoms with van der Waals surface area (Å²) >= 11 is 0. The summed E-state index contributed by atoms with van der Waals surface area (Å²) in [5, 5.41) is 3.31. The molecule has 20 heavy (non-hydrogen) atoms. The predicted molar refractivity (Wildman–Crippen MR) is 76.8 cm³/mol. The summed E-state index contributed by atoms with van der Waals surface area (Å²) in [7, 11) is 3.77. The zero-order valence-electron chi connectivity index (χ0n) is 12.2. The third-order valence-electron chi connectivity index (χ3n) is 3.43. The Morgan fingerprint density at radius 2 is 2.30 bits per heavy atom. The van der Waals surface area contributed by atoms with Gasteiger partial charge in [-0.1, -0.05) is 0 Å². The molecule has 0 aromatic heterocycles. The third-order valence-corrected chi connectivity index (χ3v) is 3.43. The summed E-state index contributed by atoms with van der Waals surface area (Å²) in [4.78, 5) is 2.23. The van der Waals surface area contributed by atoms with Crippen molar-refractivity contribution in [3.63, 3.8) is 0 Å². The van der Waals surface area contributed by atoms with Gasteiger partial charge in [0.15, 0.2) is 0 Å². The van der Waals surface area contributed by atoms with Crippen LogP contribution in [0.2, 0.25) is 0 Å². The molecule has 1 aliphatic heterocycles. The van der Waals surface area contributed by atoms with Crippen molar-refractivity contribution in [3.05, 3.63) is 29.6 Å². The molecule has 4 nitrogen and oxygen atoms in total. The van der Waals surface area contributed by atoms with Crippen LogP contribution in [0.5, 0.6) is 5.75 Å². The first-order chi connectivity index (χ1) is 9.69. The van der Waals surface area contributed by atoms with E-state index in [-0.39, 0.29) is 11.9 Å². The summed E-state index contributed by atoms with van der Waals surface area (Å²) in [6, 6.07) is 4.74. The number of ether oxygens (including phenoxy) is 2. The van der Waals surface area contributed by atoms with Gasteiger partial charge in [0.2, 0.25) is 0 Å². The van der Waals surface area contributed by atoms with E-state index in [0.717, 1.165) is 50.5 Å². The molecule has 1 aliphatic rings. The monoisotopic (exact) mass is 282 g/mol. The fraction of sp³-hybridized carbons (Fsp3) is 0.600. The molecule has 2 rings (SSSR count). The smallest absolute Gasteiger partial charge is 0.123 e. The summed E-state index contributed by atoms with van der Waals surface area (Å²) in [6.45, 7) is 4.33. The maximum absolute atomic E-state index is 13.1. The number of benzene rings is 1. The van der Waals surface area contributed by atoms with Crippen LogP contribution in [-0.2, 0) is 11.2 Å². The van der Waals surface area contributed by atoms with Crippen LogP contribution < -0.4 is 10.1 Å². The molecule has 0 aliphatic carbocycles. The molecule has 112 valence electrons. The predicted octanol–water partition coefficient (Wildman–Crippen LogP) is 1.30. The van der Waals surface area contributed by atoms with Gasteiger partial charge in [-0.25, -0.2) is 4.39 Å². The average Bonchev–Trinajstić information content (AvgIpc) is 2.79. The molecular formula is C15H23FN2O2. The number of nitrogens with one attached hydrogen (secondary N) is 1. The highest BCUT2D eigenvalue weighted by atomic mass is 19.1. The van der Waals surface area contributed by atoms with Crippen molar-refractivity contribution in [3.8, 4) is 5.75 Å². The molecule has 0 bridgehead atoms. The van der Waals surface area contributed by atoms with Gasteiger partial charge in [0.1, 0.15) is 17.7 Å². The van der Waals surface area contributed by atoms with Crippen molar-refractivity contribution in [1.29, 1.82) is 0 Å². The number of likely N-dealkylation sites (N-methyl/N-ethyl adjacent to an activating group) is 1. The van der Waals surface area contributed by atoms with Gasteiger partial charge in [-0.15, -0.1) is 0 Å². The maximum atomic E-state index is 13.1. The maximum Gasteiger partial charge on any atom is 0.123 e. The standard InChI is InChI=1S/C15H23FN2O2/c1-18(7-5-17-6-8-19-2)11-14-10-12-9-13(16)3-4-15(12)20-14/h3-4,9,14,17H,5-8,10-11H2,1-2H3. The van der Waals surface area contributed by atoms with Gasteiger partial charge < -0.3 is 19.7 Å². The van der Waals surface area contributed by atoms with Crippen LogP contribution in [0.1, 0.15) is 5.56 Å². The minimum Gasteiger partial charge on any atom is -0.488 e. The minimum atomic E-state index is -0.191. The minimum absolute atomic E-state index is 0.121. The van der Waals surface area contributed by atoms with Crippen molar-refractivity contribution >= 4 is 0 Å². The SMILES string of the molecule is COCCNCCN(C)CC1Cc2cc(F)ccc2O1. The molecule has 1 aromatic carbocycles. The lowest BCUT2D eigenvalue weighted by molar-refractivity contribution is 0.166. The molecule has 1 heterocycles. The van der Waals surface area contributed by atoms with Gasteiger partial charge in [-0.05, 0) is 25.2 Å². The number of methoxy groups -OCH3 is 1. The topological polar surface area (TPSA) is 33.7 Å². The normalized spacial score (nSPS) is 17.3. The molecule has 0 fully saturated rings. The fourth-order valence-corrected chi connectivity index (χ4v) is 2.40. The molecule has 1 N–H and O–H groups in total. The number of halogens is 1. The van der Waals surface area contributed by atoms with Crippen molar-refractivity contribution in [2.45, 2.75) is 12.5 Å². The number of rotatable bonds is 8. The first kappa shape index (κ1) is 15.2. The first-order valence-electron chi connectivity index (χ1n) is 7.02. The summed E-state index contributed by atoms with van der Waals surface area (Å²) in [6.07, 6.45) is 0.907. The second kappa shape index (κ2) is 7.57. The van der Waals surface area contributed by atoms with E-state index in [9.17, 15) is 4.39 Å². The van der Waals surface area contributed by atoms with E-state index >= 15 is 0 Å². The van der Waals surface area contributed by atoms with Gasteiger partial charge in [-0.2, -0.15) is 0 Å².